The molecule has 2 nitrogen and oxygen atoms in total. The summed E-state index contributed by atoms with van der Waals surface area (Å²) >= 11 is 0. The molecule has 3 heteroatoms. The van der Waals surface area contributed by atoms with Gasteiger partial charge in [0.15, 0.2) is 0 Å². The van der Waals surface area contributed by atoms with Crippen molar-refractivity contribution in [2.45, 2.75) is 19.4 Å². The van der Waals surface area contributed by atoms with Gasteiger partial charge in [0, 0.05) is 6.42 Å². The van der Waals surface area contributed by atoms with Crippen molar-refractivity contribution in [3.63, 3.8) is 0 Å². The van der Waals surface area contributed by atoms with Crippen molar-refractivity contribution in [1.29, 1.82) is 0 Å². The van der Waals surface area contributed by atoms with E-state index in [-0.39, 0.29) is 64.6 Å². The van der Waals surface area contributed by atoms with Gasteiger partial charge in [-0.05, 0) is 6.92 Å². The van der Waals surface area contributed by atoms with Gasteiger partial charge in [-0.3, -0.25) is 0 Å². The van der Waals surface area contributed by atoms with Gasteiger partial charge < -0.3 is 9.90 Å². The van der Waals surface area contributed by atoms with Crippen LogP contribution in [0.4, 0.5) is 0 Å². The van der Waals surface area contributed by atoms with Gasteiger partial charge in [0.1, 0.15) is 6.29 Å². The summed E-state index contributed by atoms with van der Waals surface area (Å²) in [5, 5.41) is 10.2. The van der Waals surface area contributed by atoms with Crippen molar-refractivity contribution in [2.75, 3.05) is 0 Å². The minimum atomic E-state index is -1.15. The minimum absolute atomic E-state index is 0. The molecule has 0 saturated carbocycles. The number of aldehydes is 1. The van der Waals surface area contributed by atoms with E-state index < -0.39 is 6.10 Å². The molecular weight excluding hydrogens is 190 g/mol. The predicted molar refractivity (Wildman–Crippen MR) is 27.9 cm³/mol. The Morgan fingerprint density at radius 3 is 2.67 bits per heavy atom. The van der Waals surface area contributed by atoms with E-state index in [0.717, 1.165) is 0 Å². The van der Waals surface area contributed by atoms with Crippen molar-refractivity contribution >= 4 is 6.29 Å². The molecule has 0 aromatic carbocycles. The van der Waals surface area contributed by atoms with Crippen LogP contribution in [0.25, 0.3) is 0 Å². The molecule has 0 aliphatic rings. The summed E-state index contributed by atoms with van der Waals surface area (Å²) in [6, 6.07) is 0. The van der Waals surface area contributed by atoms with Gasteiger partial charge in [-0.15, -0.1) is 11.8 Å². The van der Waals surface area contributed by atoms with Gasteiger partial charge >= 0.3 is 58.2 Å². The van der Waals surface area contributed by atoms with E-state index in [2.05, 4.69) is 11.8 Å². The van der Waals surface area contributed by atoms with Gasteiger partial charge in [-0.25, -0.2) is 0 Å². The summed E-state index contributed by atoms with van der Waals surface area (Å²) in [4.78, 5) is 9.63. The van der Waals surface area contributed by atoms with Crippen LogP contribution < -0.4 is 63.3 Å². The summed E-state index contributed by atoms with van der Waals surface area (Å²) in [5.74, 6) is 5.03. The Morgan fingerprint density at radius 1 is 1.78 bits per heavy atom. The maximum atomic E-state index is 10.2. The average Bonchev–Trinajstić information content (AvgIpc) is 1.83. The van der Waals surface area contributed by atoms with Gasteiger partial charge in [0.05, 0.1) is 0 Å². The number of hydrogen-bond acceptors (Lipinski definition) is 2. The molecule has 0 bridgehead atoms. The molecule has 0 N–H and O–H groups in total. The second kappa shape index (κ2) is 9.00. The Balaban J connectivity index is 0. The zero-order valence-corrected chi connectivity index (χ0v) is 10.6. The minimum Gasteiger partial charge on any atom is -0.846 e. The quantitative estimate of drug-likeness (QED) is 0.337. The molecule has 0 heterocycles. The van der Waals surface area contributed by atoms with Gasteiger partial charge in [0.2, 0.25) is 0 Å². The Bertz CT molecular complexity index is 123. The van der Waals surface area contributed by atoms with Crippen LogP contribution in [0, 0.1) is 11.8 Å². The van der Waals surface area contributed by atoms with Crippen LogP contribution in [-0.4, -0.2) is 12.4 Å². The molecule has 1 atom stereocenters. The molecule has 0 fully saturated rings. The van der Waals surface area contributed by atoms with E-state index >= 15 is 0 Å². The van der Waals surface area contributed by atoms with E-state index in [9.17, 15) is 9.90 Å². The third-order valence-electron chi connectivity index (χ3n) is 0.632. The second-order valence-electron chi connectivity index (χ2n) is 1.31. The predicted octanol–water partition coefficient (Wildman–Crippen LogP) is -3.67. The molecule has 0 aliphatic heterocycles. The molecule has 44 valence electrons. The van der Waals surface area contributed by atoms with Crippen molar-refractivity contribution in [3.05, 3.63) is 0 Å². The fraction of sp³-hybridized carbons (Fsp3) is 0.500. The Morgan fingerprint density at radius 2 is 2.33 bits per heavy atom. The molecule has 0 radical (unpaired) electrons. The molecule has 0 aliphatic carbocycles. The summed E-state index contributed by atoms with van der Waals surface area (Å²) < 4.78 is 0. The Kier molecular flexibility index (Phi) is 12.6. The van der Waals surface area contributed by atoms with E-state index in [4.69, 9.17) is 0 Å². The first-order valence-corrected chi connectivity index (χ1v) is 2.32. The van der Waals surface area contributed by atoms with Crippen LogP contribution in [-0.2, 0) is 4.79 Å². The van der Waals surface area contributed by atoms with Crippen LogP contribution in [0.15, 0.2) is 0 Å². The number of carbonyl (C=O) groups is 1. The molecule has 0 amide bonds. The number of rotatable bonds is 2. The van der Waals surface area contributed by atoms with Crippen LogP contribution in [0.2, 0.25) is 0 Å². The first-order chi connectivity index (χ1) is 3.81. The normalized spacial score (nSPS) is 10.0. The second-order valence-corrected chi connectivity index (χ2v) is 1.31. The van der Waals surface area contributed by atoms with Crippen LogP contribution in [0.5, 0.6) is 0 Å². The molecule has 0 spiro atoms. The topological polar surface area (TPSA) is 40.1 Å². The molecule has 0 rings (SSSR count). The maximum Gasteiger partial charge on any atom is 1.00 e. The smallest absolute Gasteiger partial charge is 0.846 e. The Hall–Kier alpha value is 0.995. The fourth-order valence-electron chi connectivity index (χ4n) is 0.251. The van der Waals surface area contributed by atoms with Crippen LogP contribution in [0.3, 0.4) is 0 Å². The third kappa shape index (κ3) is 9.00. The van der Waals surface area contributed by atoms with E-state index in [1.54, 1.807) is 6.92 Å². The van der Waals surface area contributed by atoms with Crippen molar-refractivity contribution in [3.8, 4) is 11.8 Å². The first kappa shape index (κ1) is 12.7. The standard InChI is InChI=1S/C6H7O2.Rb/c1-2-3-4-6(8)5-7;/h5-6H,4H2,1H3;/q-1;+1/t6-;/m1./s1. The average molecular weight is 197 g/mol. The summed E-state index contributed by atoms with van der Waals surface area (Å²) in [5.41, 5.74) is 0. The van der Waals surface area contributed by atoms with Crippen molar-refractivity contribution in [2.24, 2.45) is 0 Å². The largest absolute Gasteiger partial charge is 1.00 e. The molecule has 0 aromatic rings. The Labute approximate surface area is 104 Å². The van der Waals surface area contributed by atoms with E-state index in [1.165, 1.54) is 0 Å². The first-order valence-electron chi connectivity index (χ1n) is 2.32. The van der Waals surface area contributed by atoms with E-state index in [0.29, 0.717) is 6.29 Å². The maximum absolute atomic E-state index is 10.2. The molecule has 0 unspecified atom stereocenters. The summed E-state index contributed by atoms with van der Waals surface area (Å²) in [6.45, 7) is 1.64. The fourth-order valence-corrected chi connectivity index (χ4v) is 0.251. The number of hydrogen-bond donors (Lipinski definition) is 0. The van der Waals surface area contributed by atoms with Crippen molar-refractivity contribution < 1.29 is 68.1 Å². The third-order valence-corrected chi connectivity index (χ3v) is 0.632. The van der Waals surface area contributed by atoms with Crippen LogP contribution >= 0.6 is 0 Å². The van der Waals surface area contributed by atoms with Crippen LogP contribution in [0.1, 0.15) is 13.3 Å². The number of carbonyl (C=O) groups excluding carboxylic acids is 1. The van der Waals surface area contributed by atoms with Crippen molar-refractivity contribution in [1.82, 2.24) is 0 Å². The zero-order chi connectivity index (χ0) is 6.41. The molecule has 9 heavy (non-hydrogen) atoms. The van der Waals surface area contributed by atoms with Gasteiger partial charge in [-0.2, -0.15) is 0 Å². The summed E-state index contributed by atoms with van der Waals surface area (Å²) in [6.07, 6.45) is -0.646. The van der Waals surface area contributed by atoms with E-state index in [1.807, 2.05) is 0 Å². The van der Waals surface area contributed by atoms with Gasteiger partial charge in [0.25, 0.3) is 0 Å². The monoisotopic (exact) mass is 196 g/mol. The molecule has 0 aromatic heterocycles. The molecule has 0 saturated heterocycles. The van der Waals surface area contributed by atoms with Gasteiger partial charge in [-0.1, -0.05) is 6.10 Å². The zero-order valence-electron chi connectivity index (χ0n) is 5.68. The summed E-state index contributed by atoms with van der Waals surface area (Å²) in [7, 11) is 0. The molecular formula is C6H7O2Rb. The SMILES string of the molecule is CC#CC[C@@H]([O-])C=O.[Rb+].